The molecule has 1 atom stereocenters. The van der Waals surface area contributed by atoms with Crippen LogP contribution in [0.2, 0.25) is 0 Å². The molecule has 3 N–H and O–H groups in total. The molecule has 2 heterocycles. The van der Waals surface area contributed by atoms with Gasteiger partial charge in [0.15, 0.2) is 17.5 Å². The maximum absolute atomic E-state index is 10.5. The van der Waals surface area contributed by atoms with Gasteiger partial charge in [-0.3, -0.25) is 0 Å². The third kappa shape index (κ3) is 5.04. The van der Waals surface area contributed by atoms with E-state index in [4.69, 9.17) is 13.9 Å². The lowest BCUT2D eigenvalue weighted by Gasteiger charge is -2.22. The van der Waals surface area contributed by atoms with Gasteiger partial charge in [-0.1, -0.05) is 6.07 Å². The molecule has 1 aliphatic heterocycles. The largest absolute Gasteiger partial charge is 0.466 e. The smallest absolute Gasteiger partial charge is 0.231 e. The fourth-order valence-electron chi connectivity index (χ4n) is 2.48. The van der Waals surface area contributed by atoms with Gasteiger partial charge in [0.25, 0.3) is 0 Å². The number of halogens is 1. The Balaban J connectivity index is 0.00000243. The highest BCUT2D eigenvalue weighted by Gasteiger charge is 2.26. The Bertz CT molecular complexity index is 732. The number of furan rings is 1. The van der Waals surface area contributed by atoms with Gasteiger partial charge in [0.05, 0.1) is 19.4 Å². The van der Waals surface area contributed by atoms with Crippen LogP contribution in [0.25, 0.3) is 0 Å². The monoisotopic (exact) mass is 473 g/mol. The van der Waals surface area contributed by atoms with Crippen LogP contribution in [-0.2, 0) is 12.1 Å². The lowest BCUT2D eigenvalue weighted by Crippen LogP contribution is -2.44. The summed E-state index contributed by atoms with van der Waals surface area (Å²) in [5.74, 6) is 2.62. The van der Waals surface area contributed by atoms with Gasteiger partial charge in [0.1, 0.15) is 11.4 Å². The highest BCUT2D eigenvalue weighted by Crippen LogP contribution is 2.32. The van der Waals surface area contributed by atoms with Crippen molar-refractivity contribution in [3.63, 3.8) is 0 Å². The van der Waals surface area contributed by atoms with Gasteiger partial charge >= 0.3 is 0 Å². The minimum Gasteiger partial charge on any atom is -0.466 e. The Hall–Kier alpha value is -1.94. The van der Waals surface area contributed by atoms with Crippen molar-refractivity contribution in [3.05, 3.63) is 47.9 Å². The molecule has 0 saturated carbocycles. The number of aliphatic imine (C=N–C) groups is 1. The number of nitrogens with one attached hydrogen (secondary N) is 2. The number of hydrogen-bond donors (Lipinski definition) is 3. The van der Waals surface area contributed by atoms with Crippen LogP contribution in [0.3, 0.4) is 0 Å². The van der Waals surface area contributed by atoms with E-state index in [9.17, 15) is 5.11 Å². The van der Waals surface area contributed by atoms with E-state index >= 15 is 0 Å². The standard InChI is InChI=1S/C18H23N3O4.HI/c1-3-19-17(21-11-18(2,22)16-5-4-8-23-16)20-10-13-6-7-14-15(9-13)25-12-24-14;/h4-9,22H,3,10-12H2,1-2H3,(H2,19,20,21);1H. The highest BCUT2D eigenvalue weighted by molar-refractivity contribution is 14.0. The molecule has 2 aromatic rings. The van der Waals surface area contributed by atoms with Gasteiger partial charge < -0.3 is 29.6 Å². The molecule has 142 valence electrons. The van der Waals surface area contributed by atoms with Crippen molar-refractivity contribution >= 4 is 29.9 Å². The van der Waals surface area contributed by atoms with Gasteiger partial charge in [-0.05, 0) is 43.7 Å². The Morgan fingerprint density at radius 3 is 2.77 bits per heavy atom. The topological polar surface area (TPSA) is 88.3 Å². The molecule has 1 unspecified atom stereocenters. The summed E-state index contributed by atoms with van der Waals surface area (Å²) in [5.41, 5.74) is -0.113. The lowest BCUT2D eigenvalue weighted by atomic mass is 10.0. The molecule has 0 radical (unpaired) electrons. The van der Waals surface area contributed by atoms with Crippen molar-refractivity contribution in [2.24, 2.45) is 4.99 Å². The molecule has 0 bridgehead atoms. The number of guanidine groups is 1. The Labute approximate surface area is 169 Å². The molecule has 7 nitrogen and oxygen atoms in total. The number of nitrogens with zero attached hydrogens (tertiary/aromatic N) is 1. The first-order chi connectivity index (χ1) is 12.1. The first-order valence-corrected chi connectivity index (χ1v) is 8.25. The molecule has 0 fully saturated rings. The summed E-state index contributed by atoms with van der Waals surface area (Å²) in [6.45, 7) is 5.41. The maximum Gasteiger partial charge on any atom is 0.231 e. The summed E-state index contributed by atoms with van der Waals surface area (Å²) in [4.78, 5) is 4.55. The number of benzene rings is 1. The summed E-state index contributed by atoms with van der Waals surface area (Å²) < 4.78 is 16.0. The minimum absolute atomic E-state index is 0. The van der Waals surface area contributed by atoms with Crippen molar-refractivity contribution in [1.82, 2.24) is 10.6 Å². The summed E-state index contributed by atoms with van der Waals surface area (Å²) in [7, 11) is 0. The second-order valence-electron chi connectivity index (χ2n) is 5.99. The SMILES string of the molecule is CCNC(=NCc1ccc2c(c1)OCO2)NCC(C)(O)c1ccco1.I. The van der Waals surface area contributed by atoms with Crippen LogP contribution < -0.4 is 20.1 Å². The molecule has 0 aliphatic carbocycles. The molecule has 1 aromatic carbocycles. The van der Waals surface area contributed by atoms with E-state index < -0.39 is 5.60 Å². The number of aliphatic hydroxyl groups is 1. The zero-order valence-corrected chi connectivity index (χ0v) is 17.2. The average Bonchev–Trinajstić information content (AvgIpc) is 3.28. The fourth-order valence-corrected chi connectivity index (χ4v) is 2.48. The third-order valence-corrected chi connectivity index (χ3v) is 3.85. The van der Waals surface area contributed by atoms with Gasteiger partial charge in [-0.25, -0.2) is 4.99 Å². The minimum atomic E-state index is -1.13. The van der Waals surface area contributed by atoms with Crippen LogP contribution in [0.4, 0.5) is 0 Å². The summed E-state index contributed by atoms with van der Waals surface area (Å²) in [5, 5.41) is 16.8. The number of rotatable bonds is 6. The number of hydrogen-bond acceptors (Lipinski definition) is 5. The Kier molecular flexibility index (Phi) is 7.15. The van der Waals surface area contributed by atoms with Crippen molar-refractivity contribution in [2.45, 2.75) is 26.0 Å². The van der Waals surface area contributed by atoms with Crippen molar-refractivity contribution in [1.29, 1.82) is 0 Å². The van der Waals surface area contributed by atoms with Crippen LogP contribution in [-0.4, -0.2) is 30.9 Å². The Morgan fingerprint density at radius 1 is 1.23 bits per heavy atom. The summed E-state index contributed by atoms with van der Waals surface area (Å²) in [6, 6.07) is 9.27. The van der Waals surface area contributed by atoms with Gasteiger partial charge in [-0.15, -0.1) is 24.0 Å². The van der Waals surface area contributed by atoms with E-state index in [1.54, 1.807) is 25.3 Å². The van der Waals surface area contributed by atoms with Crippen LogP contribution in [0.1, 0.15) is 25.2 Å². The number of ether oxygens (including phenoxy) is 2. The van der Waals surface area contributed by atoms with Gasteiger partial charge in [0.2, 0.25) is 6.79 Å². The summed E-state index contributed by atoms with van der Waals surface area (Å²) >= 11 is 0. The highest BCUT2D eigenvalue weighted by atomic mass is 127. The molecule has 0 spiro atoms. The van der Waals surface area contributed by atoms with Crippen molar-refractivity contribution < 1.29 is 19.0 Å². The van der Waals surface area contributed by atoms with E-state index in [0.29, 0.717) is 18.3 Å². The van der Waals surface area contributed by atoms with E-state index in [2.05, 4.69) is 15.6 Å². The average molecular weight is 473 g/mol. The van der Waals surface area contributed by atoms with E-state index in [-0.39, 0.29) is 37.3 Å². The van der Waals surface area contributed by atoms with Crippen LogP contribution in [0.15, 0.2) is 46.0 Å². The van der Waals surface area contributed by atoms with Crippen LogP contribution in [0, 0.1) is 0 Å². The predicted octanol–water partition coefficient (Wildman–Crippen LogP) is 2.59. The first-order valence-electron chi connectivity index (χ1n) is 8.25. The third-order valence-electron chi connectivity index (χ3n) is 3.85. The van der Waals surface area contributed by atoms with E-state index in [1.807, 2.05) is 25.1 Å². The van der Waals surface area contributed by atoms with E-state index in [0.717, 1.165) is 23.6 Å². The molecule has 26 heavy (non-hydrogen) atoms. The molecular formula is C18H24IN3O4. The van der Waals surface area contributed by atoms with Gasteiger partial charge in [0, 0.05) is 6.54 Å². The molecule has 1 aromatic heterocycles. The predicted molar refractivity (Wildman–Crippen MR) is 109 cm³/mol. The first kappa shape index (κ1) is 20.4. The molecule has 8 heteroatoms. The molecular weight excluding hydrogens is 449 g/mol. The molecule has 0 saturated heterocycles. The second-order valence-corrected chi connectivity index (χ2v) is 5.99. The van der Waals surface area contributed by atoms with Crippen LogP contribution >= 0.6 is 24.0 Å². The zero-order valence-electron chi connectivity index (χ0n) is 14.8. The lowest BCUT2D eigenvalue weighted by molar-refractivity contribution is 0.0386. The molecule has 3 rings (SSSR count). The maximum atomic E-state index is 10.5. The molecule has 1 aliphatic rings. The quantitative estimate of drug-likeness (QED) is 0.340. The van der Waals surface area contributed by atoms with Gasteiger partial charge in [-0.2, -0.15) is 0 Å². The van der Waals surface area contributed by atoms with Crippen molar-refractivity contribution in [3.8, 4) is 11.5 Å². The normalized spacial score (nSPS) is 15.1. The fraction of sp³-hybridized carbons (Fsp3) is 0.389. The Morgan fingerprint density at radius 2 is 2.04 bits per heavy atom. The summed E-state index contributed by atoms with van der Waals surface area (Å²) in [6.07, 6.45) is 1.54. The second kappa shape index (κ2) is 9.13. The zero-order chi connectivity index (χ0) is 17.7. The molecule has 0 amide bonds. The number of fused-ring (bicyclic) bond motifs is 1. The van der Waals surface area contributed by atoms with Crippen LogP contribution in [0.5, 0.6) is 11.5 Å². The van der Waals surface area contributed by atoms with Crippen molar-refractivity contribution in [2.75, 3.05) is 19.9 Å². The van der Waals surface area contributed by atoms with E-state index in [1.165, 1.54) is 0 Å².